The van der Waals surface area contributed by atoms with Crippen molar-refractivity contribution in [1.82, 2.24) is 14.9 Å². The van der Waals surface area contributed by atoms with Gasteiger partial charge < -0.3 is 9.88 Å². The Hall–Kier alpha value is -1.75. The Morgan fingerprint density at radius 3 is 2.71 bits per heavy atom. The van der Waals surface area contributed by atoms with Crippen LogP contribution < -0.4 is 5.32 Å². The maximum atomic E-state index is 13.2. The number of aryl methyl sites for hydroxylation is 2. The van der Waals surface area contributed by atoms with Crippen LogP contribution in [-0.4, -0.2) is 22.6 Å². The maximum absolute atomic E-state index is 13.2. The van der Waals surface area contributed by atoms with Gasteiger partial charge in [0.2, 0.25) is 0 Å². The number of nitrogens with zero attached hydrogens (tertiary/aromatic N) is 2. The minimum absolute atomic E-state index is 0.0870. The molecule has 0 radical (unpaired) electrons. The Morgan fingerprint density at radius 1 is 1.29 bits per heavy atom. The van der Waals surface area contributed by atoms with Crippen LogP contribution in [0.15, 0.2) is 30.7 Å². The first kappa shape index (κ1) is 14.2. The fourth-order valence-corrected chi connectivity index (χ4v) is 3.04. The third-order valence-corrected chi connectivity index (χ3v) is 4.26. The highest BCUT2D eigenvalue weighted by molar-refractivity contribution is 5.20. The van der Waals surface area contributed by atoms with Crippen LogP contribution in [0, 0.1) is 11.6 Å². The van der Waals surface area contributed by atoms with Crippen molar-refractivity contribution in [3.8, 4) is 0 Å². The van der Waals surface area contributed by atoms with E-state index in [4.69, 9.17) is 0 Å². The molecule has 1 aromatic heterocycles. The third-order valence-electron chi connectivity index (χ3n) is 4.26. The zero-order valence-electron chi connectivity index (χ0n) is 12.1. The second kappa shape index (κ2) is 5.56. The molecule has 0 amide bonds. The second-order valence-corrected chi connectivity index (χ2v) is 5.99. The molecule has 0 spiro atoms. The van der Waals surface area contributed by atoms with Gasteiger partial charge in [-0.3, -0.25) is 0 Å². The van der Waals surface area contributed by atoms with E-state index in [0.717, 1.165) is 25.6 Å². The number of benzene rings is 1. The van der Waals surface area contributed by atoms with Crippen molar-refractivity contribution in [2.45, 2.75) is 31.7 Å². The second-order valence-electron chi connectivity index (χ2n) is 5.99. The van der Waals surface area contributed by atoms with Gasteiger partial charge in [0.15, 0.2) is 0 Å². The fourth-order valence-electron chi connectivity index (χ4n) is 3.04. The van der Waals surface area contributed by atoms with E-state index < -0.39 is 11.6 Å². The Kier molecular flexibility index (Phi) is 3.76. The molecule has 2 aromatic rings. The standard InChI is InChI=1S/C16H19F2N3/c1-16(3-4-19-10-16)15-9-20-11-21(15)5-2-12-6-13(17)8-14(18)7-12/h6-9,11,19H,2-5,10H2,1H3. The summed E-state index contributed by atoms with van der Waals surface area (Å²) in [5.74, 6) is -1.05. The van der Waals surface area contributed by atoms with Gasteiger partial charge in [-0.05, 0) is 37.1 Å². The molecule has 3 nitrogen and oxygen atoms in total. The van der Waals surface area contributed by atoms with Crippen molar-refractivity contribution in [2.75, 3.05) is 13.1 Å². The fraction of sp³-hybridized carbons (Fsp3) is 0.438. The summed E-state index contributed by atoms with van der Waals surface area (Å²) in [5, 5.41) is 3.38. The van der Waals surface area contributed by atoms with E-state index in [1.54, 1.807) is 6.33 Å². The molecule has 112 valence electrons. The van der Waals surface area contributed by atoms with E-state index in [2.05, 4.69) is 21.8 Å². The van der Waals surface area contributed by atoms with Crippen LogP contribution in [0.2, 0.25) is 0 Å². The lowest BCUT2D eigenvalue weighted by Crippen LogP contribution is -2.28. The van der Waals surface area contributed by atoms with Crippen LogP contribution in [0.4, 0.5) is 8.78 Å². The number of nitrogens with one attached hydrogen (secondary N) is 1. The molecule has 1 aliphatic rings. The molecular weight excluding hydrogens is 272 g/mol. The van der Waals surface area contributed by atoms with E-state index in [9.17, 15) is 8.78 Å². The zero-order valence-corrected chi connectivity index (χ0v) is 12.1. The summed E-state index contributed by atoms with van der Waals surface area (Å²) in [7, 11) is 0. The van der Waals surface area contributed by atoms with Gasteiger partial charge in [-0.15, -0.1) is 0 Å². The van der Waals surface area contributed by atoms with Crippen LogP contribution in [0.5, 0.6) is 0 Å². The molecule has 1 fully saturated rings. The summed E-state index contributed by atoms with van der Waals surface area (Å²) >= 11 is 0. The van der Waals surface area contributed by atoms with Crippen molar-refractivity contribution >= 4 is 0 Å². The molecule has 0 bridgehead atoms. The highest BCUT2D eigenvalue weighted by atomic mass is 19.1. The summed E-state index contributed by atoms with van der Waals surface area (Å²) in [6.45, 7) is 4.85. The normalized spacial score (nSPS) is 21.9. The molecule has 3 rings (SSSR count). The van der Waals surface area contributed by atoms with Gasteiger partial charge in [0.05, 0.1) is 6.33 Å². The maximum Gasteiger partial charge on any atom is 0.126 e. The molecule has 2 heterocycles. The van der Waals surface area contributed by atoms with E-state index in [1.807, 2.05) is 6.20 Å². The molecule has 1 aliphatic heterocycles. The molecule has 1 aromatic carbocycles. The first-order valence-electron chi connectivity index (χ1n) is 7.23. The lowest BCUT2D eigenvalue weighted by atomic mass is 9.86. The summed E-state index contributed by atoms with van der Waals surface area (Å²) in [5.41, 5.74) is 1.94. The molecule has 21 heavy (non-hydrogen) atoms. The van der Waals surface area contributed by atoms with Crippen LogP contribution in [0.1, 0.15) is 24.6 Å². The van der Waals surface area contributed by atoms with Crippen LogP contribution in [0.25, 0.3) is 0 Å². The van der Waals surface area contributed by atoms with Gasteiger partial charge in [-0.25, -0.2) is 13.8 Å². The van der Waals surface area contributed by atoms with E-state index in [1.165, 1.54) is 17.8 Å². The topological polar surface area (TPSA) is 29.9 Å². The SMILES string of the molecule is CC1(c2cncn2CCc2cc(F)cc(F)c2)CCNC1. The van der Waals surface area contributed by atoms with E-state index in [-0.39, 0.29) is 5.41 Å². The molecule has 5 heteroatoms. The number of imidazole rings is 1. The molecule has 1 atom stereocenters. The molecule has 0 aliphatic carbocycles. The first-order valence-corrected chi connectivity index (χ1v) is 7.23. The van der Waals surface area contributed by atoms with Gasteiger partial charge in [0, 0.05) is 36.5 Å². The van der Waals surface area contributed by atoms with Crippen LogP contribution in [0.3, 0.4) is 0 Å². The van der Waals surface area contributed by atoms with Crippen molar-refractivity contribution in [3.63, 3.8) is 0 Å². The molecule has 1 N–H and O–H groups in total. The van der Waals surface area contributed by atoms with Crippen molar-refractivity contribution in [3.05, 3.63) is 53.6 Å². The van der Waals surface area contributed by atoms with E-state index >= 15 is 0 Å². The average molecular weight is 291 g/mol. The molecular formula is C16H19F2N3. The molecule has 1 saturated heterocycles. The molecule has 1 unspecified atom stereocenters. The van der Waals surface area contributed by atoms with Gasteiger partial charge in [0.1, 0.15) is 11.6 Å². The lowest BCUT2D eigenvalue weighted by Gasteiger charge is -2.24. The third kappa shape index (κ3) is 2.97. The van der Waals surface area contributed by atoms with Crippen LogP contribution >= 0.6 is 0 Å². The highest BCUT2D eigenvalue weighted by Crippen LogP contribution is 2.29. The Morgan fingerprint density at radius 2 is 2.05 bits per heavy atom. The Bertz CT molecular complexity index is 610. The van der Waals surface area contributed by atoms with Gasteiger partial charge in [-0.2, -0.15) is 0 Å². The number of hydrogen-bond acceptors (Lipinski definition) is 2. The quantitative estimate of drug-likeness (QED) is 0.938. The number of hydrogen-bond donors (Lipinski definition) is 1. The predicted octanol–water partition coefficient (Wildman–Crippen LogP) is 2.66. The van der Waals surface area contributed by atoms with Gasteiger partial charge in [0.25, 0.3) is 0 Å². The summed E-state index contributed by atoms with van der Waals surface area (Å²) < 4.78 is 28.5. The number of aromatic nitrogens is 2. The minimum Gasteiger partial charge on any atom is -0.334 e. The zero-order chi connectivity index (χ0) is 14.9. The largest absolute Gasteiger partial charge is 0.334 e. The minimum atomic E-state index is -0.525. The summed E-state index contributed by atoms with van der Waals surface area (Å²) in [4.78, 5) is 4.25. The summed E-state index contributed by atoms with van der Waals surface area (Å²) in [6.07, 6.45) is 5.36. The van der Waals surface area contributed by atoms with Crippen molar-refractivity contribution in [1.29, 1.82) is 0 Å². The van der Waals surface area contributed by atoms with Crippen molar-refractivity contribution < 1.29 is 8.78 Å². The number of rotatable bonds is 4. The Balaban J connectivity index is 1.75. The Labute approximate surface area is 123 Å². The van der Waals surface area contributed by atoms with Gasteiger partial charge >= 0.3 is 0 Å². The summed E-state index contributed by atoms with van der Waals surface area (Å²) in [6, 6.07) is 3.68. The lowest BCUT2D eigenvalue weighted by molar-refractivity contribution is 0.471. The van der Waals surface area contributed by atoms with Crippen molar-refractivity contribution in [2.24, 2.45) is 0 Å². The van der Waals surface area contributed by atoms with Gasteiger partial charge in [-0.1, -0.05) is 6.92 Å². The van der Waals surface area contributed by atoms with E-state index in [0.29, 0.717) is 18.5 Å². The highest BCUT2D eigenvalue weighted by Gasteiger charge is 2.33. The average Bonchev–Trinajstić information content (AvgIpc) is 3.04. The smallest absolute Gasteiger partial charge is 0.126 e. The van der Waals surface area contributed by atoms with Crippen LogP contribution in [-0.2, 0) is 18.4 Å². The first-order chi connectivity index (χ1) is 10.1. The molecule has 0 saturated carbocycles. The number of halogens is 2. The monoisotopic (exact) mass is 291 g/mol. The predicted molar refractivity (Wildman–Crippen MR) is 77.1 cm³/mol.